The van der Waals surface area contributed by atoms with E-state index in [-0.39, 0.29) is 5.69 Å². The number of pyridine rings is 1. The van der Waals surface area contributed by atoms with Crippen LogP contribution in [0.5, 0.6) is 0 Å². The molecule has 2 aromatic rings. The lowest BCUT2D eigenvalue weighted by Crippen LogP contribution is -2.12. The number of esters is 1. The Labute approximate surface area is 102 Å². The Kier molecular flexibility index (Phi) is 3.05. The smallest absolute Gasteiger partial charge is 0.338 e. The molecule has 0 radical (unpaired) electrons. The van der Waals surface area contributed by atoms with E-state index < -0.39 is 11.9 Å². The molecule has 2 rings (SSSR count). The summed E-state index contributed by atoms with van der Waals surface area (Å²) >= 11 is 0. The van der Waals surface area contributed by atoms with Gasteiger partial charge in [-0.25, -0.2) is 14.5 Å². The van der Waals surface area contributed by atoms with Gasteiger partial charge >= 0.3 is 5.97 Å². The van der Waals surface area contributed by atoms with Gasteiger partial charge in [0.1, 0.15) is 5.69 Å². The number of hydrogen-bond acceptors (Lipinski definition) is 5. The third-order valence-electron chi connectivity index (χ3n) is 2.24. The standard InChI is InChI=1S/C11H10N4O3/c1-18-11(17)7-2-4-13-9(6-7)15-5-3-8(14-15)10(12)16/h2-6H,1H3,(H2,12,16). The molecule has 18 heavy (non-hydrogen) atoms. The molecule has 0 fully saturated rings. The van der Waals surface area contributed by atoms with E-state index in [1.54, 1.807) is 0 Å². The van der Waals surface area contributed by atoms with E-state index in [2.05, 4.69) is 14.8 Å². The normalized spacial score (nSPS) is 10.1. The van der Waals surface area contributed by atoms with Crippen LogP contribution >= 0.6 is 0 Å². The topological polar surface area (TPSA) is 100 Å². The van der Waals surface area contributed by atoms with Crippen molar-refractivity contribution in [2.75, 3.05) is 7.11 Å². The van der Waals surface area contributed by atoms with E-state index in [9.17, 15) is 9.59 Å². The fourth-order valence-corrected chi connectivity index (χ4v) is 1.37. The van der Waals surface area contributed by atoms with Crippen LogP contribution in [0.1, 0.15) is 20.8 Å². The number of carbonyl (C=O) groups is 2. The van der Waals surface area contributed by atoms with Crippen molar-refractivity contribution in [1.29, 1.82) is 0 Å². The Balaban J connectivity index is 2.38. The zero-order valence-corrected chi connectivity index (χ0v) is 9.53. The third kappa shape index (κ3) is 2.19. The third-order valence-corrected chi connectivity index (χ3v) is 2.24. The summed E-state index contributed by atoms with van der Waals surface area (Å²) in [5, 5.41) is 3.93. The highest BCUT2D eigenvalue weighted by Gasteiger charge is 2.10. The van der Waals surface area contributed by atoms with E-state index in [0.717, 1.165) is 0 Å². The van der Waals surface area contributed by atoms with E-state index in [1.807, 2.05) is 0 Å². The number of amides is 1. The molecule has 0 atom stereocenters. The van der Waals surface area contributed by atoms with Crippen LogP contribution < -0.4 is 5.73 Å². The summed E-state index contributed by atoms with van der Waals surface area (Å²) in [5.74, 6) is -0.704. The van der Waals surface area contributed by atoms with Crippen molar-refractivity contribution in [2.24, 2.45) is 5.73 Å². The second-order valence-electron chi connectivity index (χ2n) is 3.40. The highest BCUT2D eigenvalue weighted by atomic mass is 16.5. The van der Waals surface area contributed by atoms with E-state index in [4.69, 9.17) is 5.73 Å². The molecule has 0 spiro atoms. The van der Waals surface area contributed by atoms with Crippen molar-refractivity contribution >= 4 is 11.9 Å². The van der Waals surface area contributed by atoms with Crippen LogP contribution in [0.15, 0.2) is 30.6 Å². The monoisotopic (exact) mass is 246 g/mol. The molecule has 2 N–H and O–H groups in total. The number of methoxy groups -OCH3 is 1. The predicted octanol–water partition coefficient (Wildman–Crippen LogP) is 0.153. The minimum absolute atomic E-state index is 0.125. The zero-order valence-electron chi connectivity index (χ0n) is 9.53. The molecule has 0 saturated heterocycles. The maximum atomic E-state index is 11.4. The fraction of sp³-hybridized carbons (Fsp3) is 0.0909. The van der Waals surface area contributed by atoms with Crippen molar-refractivity contribution < 1.29 is 14.3 Å². The number of nitrogens with zero attached hydrogens (tertiary/aromatic N) is 3. The van der Waals surface area contributed by atoms with E-state index >= 15 is 0 Å². The maximum Gasteiger partial charge on any atom is 0.338 e. The molecule has 0 aliphatic carbocycles. The molecule has 0 bridgehead atoms. The van der Waals surface area contributed by atoms with Gasteiger partial charge in [0, 0.05) is 12.4 Å². The van der Waals surface area contributed by atoms with Crippen LogP contribution in [0.3, 0.4) is 0 Å². The first-order valence-corrected chi connectivity index (χ1v) is 5.02. The maximum absolute atomic E-state index is 11.4. The Morgan fingerprint density at radius 3 is 2.78 bits per heavy atom. The quantitative estimate of drug-likeness (QED) is 0.777. The lowest BCUT2D eigenvalue weighted by atomic mass is 10.2. The summed E-state index contributed by atoms with van der Waals surface area (Å²) in [4.78, 5) is 26.3. The fourth-order valence-electron chi connectivity index (χ4n) is 1.37. The largest absolute Gasteiger partial charge is 0.465 e. The number of ether oxygens (including phenoxy) is 1. The Morgan fingerprint density at radius 2 is 2.17 bits per heavy atom. The highest BCUT2D eigenvalue weighted by molar-refractivity contribution is 5.91. The first kappa shape index (κ1) is 11.8. The molecule has 1 amide bonds. The van der Waals surface area contributed by atoms with E-state index in [1.165, 1.54) is 42.4 Å². The van der Waals surface area contributed by atoms with E-state index in [0.29, 0.717) is 11.4 Å². The van der Waals surface area contributed by atoms with Crippen molar-refractivity contribution in [2.45, 2.75) is 0 Å². The SMILES string of the molecule is COC(=O)c1ccnc(-n2ccc(C(N)=O)n2)c1. The van der Waals surface area contributed by atoms with Crippen LogP contribution in [0.4, 0.5) is 0 Å². The van der Waals surface area contributed by atoms with Gasteiger partial charge in [0.25, 0.3) is 5.91 Å². The minimum atomic E-state index is -0.627. The molecule has 2 aromatic heterocycles. The molecule has 0 saturated carbocycles. The molecular weight excluding hydrogens is 236 g/mol. The minimum Gasteiger partial charge on any atom is -0.465 e. The number of carbonyl (C=O) groups excluding carboxylic acids is 2. The summed E-state index contributed by atoms with van der Waals surface area (Å²) in [5.41, 5.74) is 5.57. The van der Waals surface area contributed by atoms with Gasteiger partial charge in [0.2, 0.25) is 0 Å². The Morgan fingerprint density at radius 1 is 1.39 bits per heavy atom. The zero-order chi connectivity index (χ0) is 13.1. The first-order chi connectivity index (χ1) is 8.61. The van der Waals surface area contributed by atoms with Crippen LogP contribution in [-0.4, -0.2) is 33.8 Å². The van der Waals surface area contributed by atoms with Gasteiger partial charge in [-0.2, -0.15) is 5.10 Å². The number of nitrogens with two attached hydrogens (primary N) is 1. The average Bonchev–Trinajstić information content (AvgIpc) is 2.88. The predicted molar refractivity (Wildman–Crippen MR) is 61.2 cm³/mol. The highest BCUT2D eigenvalue weighted by Crippen LogP contribution is 2.08. The number of rotatable bonds is 3. The van der Waals surface area contributed by atoms with Gasteiger partial charge < -0.3 is 10.5 Å². The molecule has 7 nitrogen and oxygen atoms in total. The van der Waals surface area contributed by atoms with Gasteiger partial charge in [0.05, 0.1) is 12.7 Å². The van der Waals surface area contributed by atoms with Crippen molar-refractivity contribution in [1.82, 2.24) is 14.8 Å². The van der Waals surface area contributed by atoms with Crippen molar-refractivity contribution in [3.63, 3.8) is 0 Å². The van der Waals surface area contributed by atoms with Crippen molar-refractivity contribution in [3.05, 3.63) is 41.9 Å². The van der Waals surface area contributed by atoms with Gasteiger partial charge in [-0.1, -0.05) is 0 Å². The molecule has 7 heteroatoms. The number of primary amides is 1. The lowest BCUT2D eigenvalue weighted by Gasteiger charge is -2.02. The summed E-state index contributed by atoms with van der Waals surface area (Å²) < 4.78 is 5.95. The van der Waals surface area contributed by atoms with Crippen LogP contribution in [0.25, 0.3) is 5.82 Å². The summed E-state index contributed by atoms with van der Waals surface area (Å²) in [6, 6.07) is 4.49. The Bertz CT molecular complexity index is 606. The molecule has 0 aliphatic heterocycles. The average molecular weight is 246 g/mol. The van der Waals surface area contributed by atoms with Gasteiger partial charge in [-0.15, -0.1) is 0 Å². The molecule has 0 aromatic carbocycles. The first-order valence-electron chi connectivity index (χ1n) is 5.02. The molecule has 92 valence electrons. The lowest BCUT2D eigenvalue weighted by molar-refractivity contribution is 0.0600. The molecule has 0 aliphatic rings. The Hall–Kier alpha value is -2.70. The number of hydrogen-bond donors (Lipinski definition) is 1. The van der Waals surface area contributed by atoms with Crippen molar-refractivity contribution in [3.8, 4) is 5.82 Å². The second kappa shape index (κ2) is 4.66. The van der Waals surface area contributed by atoms with Gasteiger partial charge in [0.15, 0.2) is 5.82 Å². The summed E-state index contributed by atoms with van der Waals surface area (Å²) in [6.45, 7) is 0. The molecule has 0 unspecified atom stereocenters. The van der Waals surface area contributed by atoms with Gasteiger partial charge in [-0.05, 0) is 18.2 Å². The number of aromatic nitrogens is 3. The van der Waals surface area contributed by atoms with Gasteiger partial charge in [-0.3, -0.25) is 4.79 Å². The van der Waals surface area contributed by atoms with Crippen LogP contribution in [0, 0.1) is 0 Å². The summed E-state index contributed by atoms with van der Waals surface area (Å²) in [7, 11) is 1.29. The van der Waals surface area contributed by atoms with Crippen LogP contribution in [-0.2, 0) is 4.74 Å². The molecule has 2 heterocycles. The molecular formula is C11H10N4O3. The second-order valence-corrected chi connectivity index (χ2v) is 3.40. The summed E-state index contributed by atoms with van der Waals surface area (Å²) in [6.07, 6.45) is 2.98. The van der Waals surface area contributed by atoms with Crippen LogP contribution in [0.2, 0.25) is 0 Å².